The maximum atomic E-state index is 11.3. The fourth-order valence-electron chi connectivity index (χ4n) is 2.89. The van der Waals surface area contributed by atoms with E-state index < -0.39 is 6.09 Å². The van der Waals surface area contributed by atoms with E-state index in [9.17, 15) is 9.90 Å². The van der Waals surface area contributed by atoms with Crippen LogP contribution in [0.3, 0.4) is 0 Å². The second kappa shape index (κ2) is 7.01. The molecule has 0 aliphatic carbocycles. The van der Waals surface area contributed by atoms with E-state index in [0.29, 0.717) is 42.7 Å². The number of ether oxygens (including phenoxy) is 1. The van der Waals surface area contributed by atoms with Crippen LogP contribution in [0.2, 0.25) is 10.0 Å². The summed E-state index contributed by atoms with van der Waals surface area (Å²) < 4.78 is 7.22. The van der Waals surface area contributed by atoms with Crippen molar-refractivity contribution in [2.24, 2.45) is 0 Å². The molecule has 1 aromatic heterocycles. The van der Waals surface area contributed by atoms with Crippen molar-refractivity contribution in [2.75, 3.05) is 13.7 Å². The Morgan fingerprint density at radius 3 is 2.92 bits per heavy atom. The van der Waals surface area contributed by atoms with Crippen LogP contribution >= 0.6 is 23.2 Å². The largest absolute Gasteiger partial charge is 0.465 e. The van der Waals surface area contributed by atoms with Crippen molar-refractivity contribution in [3.8, 4) is 0 Å². The van der Waals surface area contributed by atoms with Gasteiger partial charge in [0.1, 0.15) is 12.4 Å². The number of aromatic nitrogens is 2. The molecule has 6 nitrogen and oxygen atoms in total. The normalized spacial score (nSPS) is 13.9. The highest BCUT2D eigenvalue weighted by Crippen LogP contribution is 2.26. The summed E-state index contributed by atoms with van der Waals surface area (Å²) in [6, 6.07) is 5.30. The van der Waals surface area contributed by atoms with E-state index in [1.807, 2.05) is 10.6 Å². The van der Waals surface area contributed by atoms with Crippen LogP contribution in [-0.2, 0) is 30.9 Å². The van der Waals surface area contributed by atoms with E-state index >= 15 is 0 Å². The Morgan fingerprint density at radius 2 is 2.21 bits per heavy atom. The van der Waals surface area contributed by atoms with E-state index in [-0.39, 0.29) is 0 Å². The Hall–Kier alpha value is -1.76. The molecule has 1 aliphatic heterocycles. The second-order valence-corrected chi connectivity index (χ2v) is 6.47. The van der Waals surface area contributed by atoms with Crippen LogP contribution in [0.15, 0.2) is 18.2 Å². The van der Waals surface area contributed by atoms with Crippen LogP contribution in [0.1, 0.15) is 22.8 Å². The van der Waals surface area contributed by atoms with Crippen LogP contribution < -0.4 is 0 Å². The van der Waals surface area contributed by atoms with Gasteiger partial charge in [-0.05, 0) is 23.8 Å². The van der Waals surface area contributed by atoms with Gasteiger partial charge in [-0.25, -0.2) is 9.78 Å². The number of benzene rings is 1. The summed E-state index contributed by atoms with van der Waals surface area (Å²) in [5, 5.41) is 10.5. The van der Waals surface area contributed by atoms with Gasteiger partial charge >= 0.3 is 6.09 Å². The molecule has 2 heterocycles. The third-order valence-corrected chi connectivity index (χ3v) is 4.68. The summed E-state index contributed by atoms with van der Waals surface area (Å²) in [6.07, 6.45) is -0.336. The number of carboxylic acid groups (broad SMARTS) is 1. The number of nitrogens with zero attached hydrogens (tertiary/aromatic N) is 3. The minimum atomic E-state index is -0.928. The molecular weight excluding hydrogens is 353 g/mol. The average Bonchev–Trinajstić information content (AvgIpc) is 2.88. The maximum Gasteiger partial charge on any atom is 0.407 e. The average molecular weight is 370 g/mol. The molecule has 0 fully saturated rings. The highest BCUT2D eigenvalue weighted by molar-refractivity contribution is 6.33. The van der Waals surface area contributed by atoms with Crippen molar-refractivity contribution in [1.29, 1.82) is 0 Å². The van der Waals surface area contributed by atoms with Crippen molar-refractivity contribution in [2.45, 2.75) is 26.1 Å². The fraction of sp³-hybridized carbons (Fsp3) is 0.375. The van der Waals surface area contributed by atoms with Crippen LogP contribution in [0.25, 0.3) is 0 Å². The van der Waals surface area contributed by atoms with Gasteiger partial charge in [0.2, 0.25) is 0 Å². The monoisotopic (exact) mass is 369 g/mol. The summed E-state index contributed by atoms with van der Waals surface area (Å²) in [7, 11) is 1.61. The molecule has 128 valence electrons. The minimum absolute atomic E-state index is 0.305. The topological polar surface area (TPSA) is 67.6 Å². The second-order valence-electron chi connectivity index (χ2n) is 5.63. The van der Waals surface area contributed by atoms with Gasteiger partial charge < -0.3 is 19.3 Å². The molecule has 8 heteroatoms. The maximum absolute atomic E-state index is 11.3. The lowest BCUT2D eigenvalue weighted by Gasteiger charge is -2.25. The van der Waals surface area contributed by atoms with Crippen molar-refractivity contribution in [1.82, 2.24) is 14.5 Å². The lowest BCUT2D eigenvalue weighted by atomic mass is 10.1. The first-order chi connectivity index (χ1) is 11.5. The molecule has 0 saturated heterocycles. The van der Waals surface area contributed by atoms with Gasteiger partial charge in [0.05, 0.1) is 24.5 Å². The van der Waals surface area contributed by atoms with Gasteiger partial charge in [0, 0.05) is 30.1 Å². The first-order valence-corrected chi connectivity index (χ1v) is 8.23. The van der Waals surface area contributed by atoms with E-state index in [2.05, 4.69) is 4.98 Å². The molecule has 0 unspecified atom stereocenters. The molecule has 1 N–H and O–H groups in total. The number of halogens is 2. The van der Waals surface area contributed by atoms with Gasteiger partial charge in [0.25, 0.3) is 0 Å². The zero-order chi connectivity index (χ0) is 17.3. The summed E-state index contributed by atoms with van der Waals surface area (Å²) in [5.41, 5.74) is 2.65. The number of imidazole rings is 1. The first-order valence-electron chi connectivity index (χ1n) is 7.47. The Morgan fingerprint density at radius 1 is 1.42 bits per heavy atom. The van der Waals surface area contributed by atoms with E-state index in [0.717, 1.165) is 22.8 Å². The third-order valence-electron chi connectivity index (χ3n) is 4.07. The quantitative estimate of drug-likeness (QED) is 0.896. The van der Waals surface area contributed by atoms with Gasteiger partial charge in [-0.3, -0.25) is 0 Å². The summed E-state index contributed by atoms with van der Waals surface area (Å²) in [5.74, 6) is 0.755. The highest BCUT2D eigenvalue weighted by atomic mass is 35.5. The van der Waals surface area contributed by atoms with E-state index in [1.54, 1.807) is 19.2 Å². The summed E-state index contributed by atoms with van der Waals surface area (Å²) >= 11 is 12.3. The molecule has 24 heavy (non-hydrogen) atoms. The van der Waals surface area contributed by atoms with Crippen LogP contribution in [0.5, 0.6) is 0 Å². The van der Waals surface area contributed by atoms with Crippen molar-refractivity contribution in [3.63, 3.8) is 0 Å². The lowest BCUT2D eigenvalue weighted by molar-refractivity contribution is 0.138. The van der Waals surface area contributed by atoms with Gasteiger partial charge in [-0.2, -0.15) is 0 Å². The number of rotatable bonds is 4. The van der Waals surface area contributed by atoms with Crippen molar-refractivity contribution < 1.29 is 14.6 Å². The fourth-order valence-corrected chi connectivity index (χ4v) is 3.27. The van der Waals surface area contributed by atoms with Crippen LogP contribution in [0.4, 0.5) is 4.79 Å². The number of hydrogen-bond acceptors (Lipinski definition) is 3. The van der Waals surface area contributed by atoms with E-state index in [1.165, 1.54) is 4.90 Å². The predicted octanol–water partition coefficient (Wildman–Crippen LogP) is 3.42. The molecule has 0 atom stereocenters. The third kappa shape index (κ3) is 3.36. The first kappa shape index (κ1) is 17.1. The van der Waals surface area contributed by atoms with Crippen LogP contribution in [-0.4, -0.2) is 39.3 Å². The summed E-state index contributed by atoms with van der Waals surface area (Å²) in [4.78, 5) is 17.3. The Kier molecular flexibility index (Phi) is 4.99. The highest BCUT2D eigenvalue weighted by Gasteiger charge is 2.26. The molecule has 0 saturated carbocycles. The molecule has 3 rings (SSSR count). The van der Waals surface area contributed by atoms with Gasteiger partial charge in [-0.15, -0.1) is 0 Å². The molecular formula is C16H17Cl2N3O3. The molecule has 0 spiro atoms. The molecule has 1 aliphatic rings. The van der Waals surface area contributed by atoms with Crippen molar-refractivity contribution in [3.05, 3.63) is 51.0 Å². The molecule has 1 aromatic carbocycles. The van der Waals surface area contributed by atoms with Gasteiger partial charge in [0.15, 0.2) is 0 Å². The zero-order valence-electron chi connectivity index (χ0n) is 13.1. The smallest absolute Gasteiger partial charge is 0.407 e. The molecule has 2 aromatic rings. The molecule has 1 amide bonds. The molecule has 0 radical (unpaired) electrons. The number of methoxy groups -OCH3 is 1. The number of fused-ring (bicyclic) bond motifs is 1. The minimum Gasteiger partial charge on any atom is -0.465 e. The van der Waals surface area contributed by atoms with Gasteiger partial charge in [-0.1, -0.05) is 23.2 Å². The molecule has 0 bridgehead atoms. The number of hydrogen-bond donors (Lipinski definition) is 1. The zero-order valence-corrected chi connectivity index (χ0v) is 14.6. The number of carbonyl (C=O) groups is 1. The standard InChI is InChI=1S/C16H17Cl2N3O3/c1-24-9-15-19-13-4-5-20(16(22)23)8-14(13)21(15)7-10-6-11(17)2-3-12(10)18/h2-3,6H,4-5,7-9H2,1H3,(H,22,23). The van der Waals surface area contributed by atoms with Crippen LogP contribution in [0, 0.1) is 0 Å². The van der Waals surface area contributed by atoms with Crippen molar-refractivity contribution >= 4 is 29.3 Å². The number of amides is 1. The Balaban J connectivity index is 2.00. The SMILES string of the molecule is COCc1nc2c(n1Cc1cc(Cl)ccc1Cl)CN(C(=O)O)CC2. The Labute approximate surface area is 149 Å². The van der Waals surface area contributed by atoms with E-state index in [4.69, 9.17) is 27.9 Å². The summed E-state index contributed by atoms with van der Waals surface area (Å²) in [6.45, 7) is 1.56. The Bertz CT molecular complexity index is 776. The lowest BCUT2D eigenvalue weighted by Crippen LogP contribution is -2.35. The predicted molar refractivity (Wildman–Crippen MR) is 90.6 cm³/mol.